The van der Waals surface area contributed by atoms with Crippen molar-refractivity contribution >= 4 is 22.1 Å². The van der Waals surface area contributed by atoms with Gasteiger partial charge in [-0.15, -0.1) is 0 Å². The Kier molecular flexibility index (Phi) is 18.9. The Balaban J connectivity index is -0.000000298. The number of carboxylic acid groups (broad SMARTS) is 2. The molecular weight excluding hydrogens is 316 g/mol. The molecule has 22 heavy (non-hydrogen) atoms. The van der Waals surface area contributed by atoms with Crippen LogP contribution in [0.3, 0.4) is 0 Å². The van der Waals surface area contributed by atoms with Gasteiger partial charge in [0.2, 0.25) is 0 Å². The Morgan fingerprint density at radius 3 is 1.27 bits per heavy atom. The minimum atomic E-state index is -4.84. The van der Waals surface area contributed by atoms with Crippen LogP contribution in [-0.2, 0) is 19.7 Å². The third kappa shape index (κ3) is 21.1. The number of hydrogen-bond acceptors (Lipinski definition) is 6. The zero-order chi connectivity index (χ0) is 18.2. The lowest BCUT2D eigenvalue weighted by atomic mass is 10.3. The van der Waals surface area contributed by atoms with Crippen LogP contribution in [0.4, 0.5) is 0 Å². The number of aliphatic carboxylic acids is 2. The van der Waals surface area contributed by atoms with Crippen LogP contribution in [0.2, 0.25) is 0 Å². The zero-order valence-corrected chi connectivity index (χ0v) is 14.3. The quantitative estimate of drug-likeness (QED) is 0.384. The number of carbonyl (C=O) groups is 2. The molecule has 0 saturated carbocycles. The molecule has 0 aromatic heterocycles. The maximum absolute atomic E-state index is 10.2. The van der Waals surface area contributed by atoms with Crippen molar-refractivity contribution in [3.05, 3.63) is 0 Å². The van der Waals surface area contributed by atoms with E-state index >= 15 is 0 Å². The van der Waals surface area contributed by atoms with Crippen LogP contribution in [0.15, 0.2) is 0 Å². The summed E-state index contributed by atoms with van der Waals surface area (Å²) in [6.45, 7) is 12.8. The van der Waals surface area contributed by atoms with E-state index in [4.69, 9.17) is 14.8 Å². The van der Waals surface area contributed by atoms with Crippen LogP contribution in [0.25, 0.3) is 0 Å². The summed E-state index contributed by atoms with van der Waals surface area (Å²) in [4.78, 5) is 20.0. The van der Waals surface area contributed by atoms with E-state index in [1.54, 1.807) is 0 Å². The molecular formula is C12H28N2O7S. The number of rotatable bonds is 8. The second kappa shape index (κ2) is 16.1. The van der Waals surface area contributed by atoms with Crippen LogP contribution < -0.4 is 10.6 Å². The third-order valence-corrected chi connectivity index (χ3v) is 3.08. The summed E-state index contributed by atoms with van der Waals surface area (Å²) in [5, 5.41) is 20.1. The predicted octanol–water partition coefficient (Wildman–Crippen LogP) is 0.0337. The molecule has 0 rings (SSSR count). The summed E-state index contributed by atoms with van der Waals surface area (Å²) in [6, 6.07) is 0. The third-order valence-electron chi connectivity index (χ3n) is 2.00. The van der Waals surface area contributed by atoms with E-state index in [-0.39, 0.29) is 0 Å². The molecule has 0 bridgehead atoms. The minimum absolute atomic E-state index is 1.09. The van der Waals surface area contributed by atoms with Gasteiger partial charge in [-0.2, -0.15) is 8.42 Å². The summed E-state index contributed by atoms with van der Waals surface area (Å²) >= 11 is 0. The van der Waals surface area contributed by atoms with Gasteiger partial charge < -0.3 is 20.8 Å². The highest BCUT2D eigenvalue weighted by Gasteiger charge is 2.33. The fourth-order valence-corrected chi connectivity index (χ4v) is 1.59. The van der Waals surface area contributed by atoms with Gasteiger partial charge in [-0.1, -0.05) is 27.7 Å². The Morgan fingerprint density at radius 2 is 1.23 bits per heavy atom. The minimum Gasteiger partial charge on any atom is -0.481 e. The van der Waals surface area contributed by atoms with Crippen molar-refractivity contribution in [2.75, 3.05) is 26.2 Å². The lowest BCUT2D eigenvalue weighted by Gasteiger charge is -2.04. The highest BCUT2D eigenvalue weighted by Crippen LogP contribution is 2.04. The van der Waals surface area contributed by atoms with Crippen molar-refractivity contribution in [3.63, 3.8) is 0 Å². The summed E-state index contributed by atoms with van der Waals surface area (Å²) in [7, 11) is -4.84. The molecule has 0 heterocycles. The summed E-state index contributed by atoms with van der Waals surface area (Å²) < 4.78 is 28.7. The molecule has 0 aliphatic carbocycles. The summed E-state index contributed by atoms with van der Waals surface area (Å²) in [5.41, 5.74) is 0. The molecule has 1 unspecified atom stereocenters. The van der Waals surface area contributed by atoms with Crippen LogP contribution in [0.1, 0.15) is 34.1 Å². The largest absolute Gasteiger partial charge is 0.481 e. The van der Waals surface area contributed by atoms with E-state index in [2.05, 4.69) is 38.3 Å². The standard InChI is InChI=1S/2C4H11N.C4H6O7S/c2*1-3-5-4-2;5-3(6)1-2(4(7)8)12(9,10)11/h2*5H,3-4H2,1-2H3;2H,1H2,(H,5,6)(H,7,8)(H,9,10,11). The fraction of sp³-hybridized carbons (Fsp3) is 0.833. The first-order valence-electron chi connectivity index (χ1n) is 6.90. The summed E-state index contributed by atoms with van der Waals surface area (Å²) in [5.74, 6) is -3.50. The molecule has 0 aromatic carbocycles. The fourth-order valence-electron chi connectivity index (χ4n) is 0.979. The molecule has 134 valence electrons. The SMILES string of the molecule is CCNCC.CCNCC.O=C(O)CC(C(=O)O)S(=O)(=O)O. The molecule has 10 heteroatoms. The molecule has 0 spiro atoms. The lowest BCUT2D eigenvalue weighted by molar-refractivity contribution is -0.143. The maximum Gasteiger partial charge on any atom is 0.325 e. The number of nitrogens with one attached hydrogen (secondary N) is 2. The van der Waals surface area contributed by atoms with Crippen molar-refractivity contribution in [1.29, 1.82) is 0 Å². The average Bonchev–Trinajstić information content (AvgIpc) is 2.37. The predicted molar refractivity (Wildman–Crippen MR) is 83.7 cm³/mol. The van der Waals surface area contributed by atoms with Crippen molar-refractivity contribution in [2.45, 2.75) is 39.4 Å². The highest BCUT2D eigenvalue weighted by molar-refractivity contribution is 7.87. The highest BCUT2D eigenvalue weighted by atomic mass is 32.2. The Hall–Kier alpha value is -1.23. The van der Waals surface area contributed by atoms with E-state index in [1.807, 2.05) is 0 Å². The van der Waals surface area contributed by atoms with Gasteiger partial charge in [-0.25, -0.2) is 0 Å². The topological polar surface area (TPSA) is 153 Å². The lowest BCUT2D eigenvalue weighted by Crippen LogP contribution is -2.31. The molecule has 9 nitrogen and oxygen atoms in total. The molecule has 0 aliphatic rings. The number of carboxylic acids is 2. The average molecular weight is 344 g/mol. The van der Waals surface area contributed by atoms with Crippen LogP contribution >= 0.6 is 0 Å². The van der Waals surface area contributed by atoms with E-state index < -0.39 is 33.7 Å². The Morgan fingerprint density at radius 1 is 0.909 bits per heavy atom. The second-order valence-electron chi connectivity index (χ2n) is 3.85. The zero-order valence-electron chi connectivity index (χ0n) is 13.5. The van der Waals surface area contributed by atoms with E-state index in [9.17, 15) is 18.0 Å². The molecule has 0 saturated heterocycles. The van der Waals surface area contributed by atoms with Gasteiger partial charge in [-0.05, 0) is 26.2 Å². The Bertz CT molecular complexity index is 375. The van der Waals surface area contributed by atoms with Gasteiger partial charge in [0.25, 0.3) is 10.1 Å². The normalized spacial score (nSPS) is 11.3. The molecule has 0 fully saturated rings. The van der Waals surface area contributed by atoms with Crippen molar-refractivity contribution in [1.82, 2.24) is 10.6 Å². The Labute approximate surface area is 131 Å². The molecule has 1 atom stereocenters. The van der Waals surface area contributed by atoms with Crippen molar-refractivity contribution < 1.29 is 32.8 Å². The second-order valence-corrected chi connectivity index (χ2v) is 5.45. The van der Waals surface area contributed by atoms with Gasteiger partial charge in [-0.3, -0.25) is 14.1 Å². The smallest absolute Gasteiger partial charge is 0.325 e. The van der Waals surface area contributed by atoms with E-state index in [1.165, 1.54) is 0 Å². The monoisotopic (exact) mass is 344 g/mol. The number of hydrogen-bond donors (Lipinski definition) is 5. The van der Waals surface area contributed by atoms with Crippen LogP contribution in [-0.4, -0.2) is 66.6 Å². The van der Waals surface area contributed by atoms with Gasteiger partial charge in [0.15, 0.2) is 5.25 Å². The van der Waals surface area contributed by atoms with Gasteiger partial charge in [0, 0.05) is 0 Å². The molecule has 5 N–H and O–H groups in total. The van der Waals surface area contributed by atoms with Crippen molar-refractivity contribution in [2.24, 2.45) is 0 Å². The van der Waals surface area contributed by atoms with Gasteiger partial charge in [0.05, 0.1) is 6.42 Å². The first-order chi connectivity index (χ1) is 10.1. The molecule has 0 amide bonds. The molecule has 0 aromatic rings. The van der Waals surface area contributed by atoms with Gasteiger partial charge >= 0.3 is 11.9 Å². The molecule has 0 aliphatic heterocycles. The first-order valence-corrected chi connectivity index (χ1v) is 8.40. The van der Waals surface area contributed by atoms with E-state index in [0.717, 1.165) is 26.2 Å². The van der Waals surface area contributed by atoms with Gasteiger partial charge in [0.1, 0.15) is 0 Å². The van der Waals surface area contributed by atoms with Crippen LogP contribution in [0.5, 0.6) is 0 Å². The first kappa shape index (κ1) is 25.7. The molecule has 0 radical (unpaired) electrons. The van der Waals surface area contributed by atoms with Crippen molar-refractivity contribution in [3.8, 4) is 0 Å². The maximum atomic E-state index is 10.2. The van der Waals surface area contributed by atoms with Crippen LogP contribution in [0, 0.1) is 0 Å². The van der Waals surface area contributed by atoms with E-state index in [0.29, 0.717) is 0 Å². The summed E-state index contributed by atoms with van der Waals surface area (Å²) in [6.07, 6.45) is -1.16.